The minimum absolute atomic E-state index is 0.0217. The highest BCUT2D eigenvalue weighted by atomic mass is 127. The topological polar surface area (TPSA) is 46.7 Å². The van der Waals surface area contributed by atoms with Crippen LogP contribution in [0.15, 0.2) is 47.1 Å². The van der Waals surface area contributed by atoms with E-state index in [4.69, 9.17) is 4.42 Å². The van der Waals surface area contributed by atoms with Gasteiger partial charge in [-0.3, -0.25) is 4.79 Å². The van der Waals surface area contributed by atoms with E-state index in [-0.39, 0.29) is 11.9 Å². The molecule has 1 aromatic heterocycles. The number of rotatable bonds is 5. The van der Waals surface area contributed by atoms with Gasteiger partial charge in [-0.1, -0.05) is 0 Å². The summed E-state index contributed by atoms with van der Waals surface area (Å²) in [6.07, 6.45) is 4.20. The SMILES string of the molecule is O=C(NC[C@H](c1ccco1)[NH+]1CCCC1)c1ccc(I)cc1. The highest BCUT2D eigenvalue weighted by Crippen LogP contribution is 2.12. The van der Waals surface area contributed by atoms with Crippen molar-refractivity contribution < 1.29 is 14.1 Å². The van der Waals surface area contributed by atoms with Crippen molar-refractivity contribution in [1.29, 1.82) is 0 Å². The van der Waals surface area contributed by atoms with Crippen LogP contribution in [0.4, 0.5) is 0 Å². The zero-order valence-corrected chi connectivity index (χ0v) is 14.5. The van der Waals surface area contributed by atoms with E-state index in [2.05, 4.69) is 27.9 Å². The Labute approximate surface area is 144 Å². The van der Waals surface area contributed by atoms with Crippen molar-refractivity contribution in [2.24, 2.45) is 0 Å². The van der Waals surface area contributed by atoms with E-state index in [0.29, 0.717) is 12.1 Å². The maximum atomic E-state index is 12.3. The maximum absolute atomic E-state index is 12.3. The van der Waals surface area contributed by atoms with E-state index in [0.717, 1.165) is 22.4 Å². The highest BCUT2D eigenvalue weighted by Gasteiger charge is 2.29. The van der Waals surface area contributed by atoms with Crippen molar-refractivity contribution in [2.75, 3.05) is 19.6 Å². The number of nitrogens with one attached hydrogen (secondary N) is 2. The molecule has 0 saturated carbocycles. The summed E-state index contributed by atoms with van der Waals surface area (Å²) in [4.78, 5) is 13.8. The molecule has 1 amide bonds. The molecule has 2 N–H and O–H groups in total. The lowest BCUT2D eigenvalue weighted by Gasteiger charge is -2.23. The number of benzene rings is 1. The molecule has 22 heavy (non-hydrogen) atoms. The summed E-state index contributed by atoms with van der Waals surface area (Å²) in [5.74, 6) is 0.936. The Hall–Kier alpha value is -1.34. The molecule has 5 heteroatoms. The summed E-state index contributed by atoms with van der Waals surface area (Å²) in [5.41, 5.74) is 0.704. The predicted octanol–water partition coefficient (Wildman–Crippen LogP) is 2.03. The van der Waals surface area contributed by atoms with Crippen LogP contribution < -0.4 is 10.2 Å². The summed E-state index contributed by atoms with van der Waals surface area (Å²) in [6.45, 7) is 2.89. The number of quaternary nitrogens is 1. The van der Waals surface area contributed by atoms with Gasteiger partial charge in [0.1, 0.15) is 0 Å². The fraction of sp³-hybridized carbons (Fsp3) is 0.353. The zero-order chi connectivity index (χ0) is 15.4. The molecule has 2 aromatic rings. The molecular weight excluding hydrogens is 391 g/mol. The first-order valence-corrected chi connectivity index (χ1v) is 8.73. The van der Waals surface area contributed by atoms with Crippen LogP contribution in [0.5, 0.6) is 0 Å². The van der Waals surface area contributed by atoms with Gasteiger partial charge >= 0.3 is 0 Å². The largest absolute Gasteiger partial charge is 0.463 e. The van der Waals surface area contributed by atoms with Gasteiger partial charge in [0, 0.05) is 22.0 Å². The van der Waals surface area contributed by atoms with Crippen LogP contribution in [0.25, 0.3) is 0 Å². The van der Waals surface area contributed by atoms with Crippen LogP contribution in [0.1, 0.15) is 35.0 Å². The number of halogens is 1. The van der Waals surface area contributed by atoms with Gasteiger partial charge in [0.2, 0.25) is 0 Å². The van der Waals surface area contributed by atoms with Crippen LogP contribution in [-0.4, -0.2) is 25.5 Å². The van der Waals surface area contributed by atoms with Crippen LogP contribution in [0, 0.1) is 3.57 Å². The highest BCUT2D eigenvalue weighted by molar-refractivity contribution is 14.1. The van der Waals surface area contributed by atoms with Gasteiger partial charge < -0.3 is 14.6 Å². The van der Waals surface area contributed by atoms with Crippen LogP contribution in [0.2, 0.25) is 0 Å². The Morgan fingerprint density at radius 2 is 1.95 bits per heavy atom. The van der Waals surface area contributed by atoms with Gasteiger partial charge in [-0.05, 0) is 59.0 Å². The molecular formula is C17H20IN2O2+. The van der Waals surface area contributed by atoms with Crippen molar-refractivity contribution >= 4 is 28.5 Å². The number of carbonyl (C=O) groups is 1. The van der Waals surface area contributed by atoms with Crippen LogP contribution >= 0.6 is 22.6 Å². The average molecular weight is 411 g/mol. The van der Waals surface area contributed by atoms with Gasteiger partial charge in [0.05, 0.1) is 25.9 Å². The second-order valence-electron chi connectivity index (χ2n) is 5.65. The number of furan rings is 1. The van der Waals surface area contributed by atoms with Gasteiger partial charge in [0.25, 0.3) is 5.91 Å². The molecule has 1 aliphatic rings. The first-order chi connectivity index (χ1) is 10.7. The molecule has 2 heterocycles. The Bertz CT molecular complexity index is 604. The molecule has 4 nitrogen and oxygen atoms in total. The fourth-order valence-corrected chi connectivity index (χ4v) is 3.37. The van der Waals surface area contributed by atoms with E-state index in [9.17, 15) is 4.79 Å². The number of hydrogen-bond donors (Lipinski definition) is 2. The van der Waals surface area contributed by atoms with Crippen LogP contribution in [-0.2, 0) is 0 Å². The summed E-state index contributed by atoms with van der Waals surface area (Å²) in [5, 5.41) is 3.06. The summed E-state index contributed by atoms with van der Waals surface area (Å²) < 4.78 is 6.72. The molecule has 1 atom stereocenters. The predicted molar refractivity (Wildman–Crippen MR) is 92.9 cm³/mol. The summed E-state index contributed by atoms with van der Waals surface area (Å²) in [6, 6.07) is 11.7. The molecule has 1 fully saturated rings. The van der Waals surface area contributed by atoms with Crippen molar-refractivity contribution in [3.63, 3.8) is 0 Å². The maximum Gasteiger partial charge on any atom is 0.251 e. The van der Waals surface area contributed by atoms with E-state index in [1.54, 1.807) is 6.26 Å². The van der Waals surface area contributed by atoms with Gasteiger partial charge in [-0.15, -0.1) is 0 Å². The third-order valence-corrected chi connectivity index (χ3v) is 4.92. The number of likely N-dealkylation sites (tertiary alicyclic amines) is 1. The Morgan fingerprint density at radius 1 is 1.23 bits per heavy atom. The molecule has 116 valence electrons. The van der Waals surface area contributed by atoms with Crippen LogP contribution in [0.3, 0.4) is 0 Å². The lowest BCUT2D eigenvalue weighted by Crippen LogP contribution is -3.11. The minimum Gasteiger partial charge on any atom is -0.463 e. The zero-order valence-electron chi connectivity index (χ0n) is 12.3. The number of amides is 1. The smallest absolute Gasteiger partial charge is 0.251 e. The molecule has 1 saturated heterocycles. The van der Waals surface area contributed by atoms with E-state index in [1.165, 1.54) is 17.7 Å². The first kappa shape index (κ1) is 15.6. The summed E-state index contributed by atoms with van der Waals surface area (Å²) >= 11 is 2.24. The molecule has 1 aromatic carbocycles. The second-order valence-corrected chi connectivity index (χ2v) is 6.90. The number of carbonyl (C=O) groups excluding carboxylic acids is 1. The first-order valence-electron chi connectivity index (χ1n) is 7.66. The minimum atomic E-state index is -0.0217. The Balaban J connectivity index is 1.66. The molecule has 0 spiro atoms. The monoisotopic (exact) mass is 411 g/mol. The van der Waals surface area contributed by atoms with Crippen molar-refractivity contribution in [3.8, 4) is 0 Å². The van der Waals surface area contributed by atoms with Gasteiger partial charge in [-0.25, -0.2) is 0 Å². The average Bonchev–Trinajstić information content (AvgIpc) is 3.22. The van der Waals surface area contributed by atoms with E-state index in [1.807, 2.05) is 36.4 Å². The standard InChI is InChI=1S/C17H19IN2O2/c18-14-7-5-13(6-8-14)17(21)19-12-15(16-4-3-11-22-16)20-9-1-2-10-20/h3-8,11,15H,1-2,9-10,12H2,(H,19,21)/p+1/t15-/m1/s1. The Kier molecular flexibility index (Phi) is 5.15. The normalized spacial score (nSPS) is 16.6. The van der Waals surface area contributed by atoms with Gasteiger partial charge in [-0.2, -0.15) is 0 Å². The molecule has 0 aliphatic carbocycles. The molecule has 0 radical (unpaired) electrons. The summed E-state index contributed by atoms with van der Waals surface area (Å²) in [7, 11) is 0. The molecule has 0 bridgehead atoms. The molecule has 3 rings (SSSR count). The van der Waals surface area contributed by atoms with Crippen molar-refractivity contribution in [2.45, 2.75) is 18.9 Å². The molecule has 0 unspecified atom stereocenters. The van der Waals surface area contributed by atoms with Gasteiger partial charge in [0.15, 0.2) is 11.8 Å². The Morgan fingerprint density at radius 3 is 2.59 bits per heavy atom. The number of hydrogen-bond acceptors (Lipinski definition) is 2. The quantitative estimate of drug-likeness (QED) is 0.740. The van der Waals surface area contributed by atoms with Crippen molar-refractivity contribution in [1.82, 2.24) is 5.32 Å². The van der Waals surface area contributed by atoms with Crippen molar-refractivity contribution in [3.05, 3.63) is 57.6 Å². The van der Waals surface area contributed by atoms with E-state index < -0.39 is 0 Å². The third-order valence-electron chi connectivity index (χ3n) is 4.20. The third kappa shape index (κ3) is 3.70. The fourth-order valence-electron chi connectivity index (χ4n) is 3.01. The lowest BCUT2D eigenvalue weighted by atomic mass is 10.1. The molecule has 1 aliphatic heterocycles. The second kappa shape index (κ2) is 7.28. The lowest BCUT2D eigenvalue weighted by molar-refractivity contribution is -0.919. The van der Waals surface area contributed by atoms with E-state index >= 15 is 0 Å².